The Morgan fingerprint density at radius 1 is 0.864 bits per heavy atom. The Balaban J connectivity index is 1.93. The normalized spacial score (nSPS) is 15.5. The molecule has 22 heavy (non-hydrogen) atoms. The molecule has 1 heteroatoms. The van der Waals surface area contributed by atoms with E-state index in [1.807, 2.05) is 0 Å². The summed E-state index contributed by atoms with van der Waals surface area (Å²) in [4.78, 5) is 0. The Labute approximate surface area is 129 Å². The molecule has 0 saturated heterocycles. The van der Waals surface area contributed by atoms with Crippen molar-refractivity contribution in [2.45, 2.75) is 6.42 Å². The minimum Gasteiger partial charge on any atom is -0.309 e. The van der Waals surface area contributed by atoms with Crippen molar-refractivity contribution in [3.05, 3.63) is 89.7 Å². The van der Waals surface area contributed by atoms with Crippen LogP contribution in [0, 0.1) is 0 Å². The van der Waals surface area contributed by atoms with Crippen molar-refractivity contribution in [1.29, 1.82) is 0 Å². The monoisotopic (exact) mass is 281 g/mol. The molecule has 5 rings (SSSR count). The summed E-state index contributed by atoms with van der Waals surface area (Å²) in [5, 5.41) is 1.34. The number of allylic oxidation sites excluding steroid dienone is 5. The van der Waals surface area contributed by atoms with E-state index in [0.29, 0.717) is 0 Å². The molecule has 1 aromatic heterocycles. The Morgan fingerprint density at radius 2 is 1.68 bits per heavy atom. The summed E-state index contributed by atoms with van der Waals surface area (Å²) in [6.07, 6.45) is 10.1. The zero-order valence-corrected chi connectivity index (χ0v) is 12.2. The molecule has 2 aliphatic rings. The van der Waals surface area contributed by atoms with E-state index in [1.54, 1.807) is 0 Å². The molecular formula is C21H15N. The van der Waals surface area contributed by atoms with Crippen molar-refractivity contribution in [2.24, 2.45) is 0 Å². The van der Waals surface area contributed by atoms with Crippen LogP contribution in [-0.4, -0.2) is 4.57 Å². The van der Waals surface area contributed by atoms with Crippen LogP contribution >= 0.6 is 0 Å². The van der Waals surface area contributed by atoms with Gasteiger partial charge in [-0.25, -0.2) is 0 Å². The van der Waals surface area contributed by atoms with Crippen LogP contribution in [-0.2, 0) is 0 Å². The van der Waals surface area contributed by atoms with Crippen LogP contribution < -0.4 is 0 Å². The third-order valence-corrected chi connectivity index (χ3v) is 4.58. The van der Waals surface area contributed by atoms with Crippen LogP contribution in [0.25, 0.3) is 28.2 Å². The summed E-state index contributed by atoms with van der Waals surface area (Å²) < 4.78 is 2.40. The first-order chi connectivity index (χ1) is 10.9. The van der Waals surface area contributed by atoms with Gasteiger partial charge in [0.2, 0.25) is 0 Å². The maximum Gasteiger partial charge on any atom is 0.0616 e. The topological polar surface area (TPSA) is 4.93 Å². The van der Waals surface area contributed by atoms with Gasteiger partial charge < -0.3 is 4.57 Å². The fraction of sp³-hybridized carbons (Fsp3) is 0.0476. The van der Waals surface area contributed by atoms with Crippen molar-refractivity contribution < 1.29 is 0 Å². The Kier molecular flexibility index (Phi) is 2.33. The van der Waals surface area contributed by atoms with Crippen molar-refractivity contribution in [2.75, 3.05) is 0 Å². The van der Waals surface area contributed by atoms with Crippen LogP contribution in [0.15, 0.2) is 78.4 Å². The van der Waals surface area contributed by atoms with Crippen LogP contribution in [0.1, 0.15) is 17.7 Å². The minimum atomic E-state index is 1.03. The summed E-state index contributed by atoms with van der Waals surface area (Å²) in [5.74, 6) is 0. The van der Waals surface area contributed by atoms with Gasteiger partial charge in [0.15, 0.2) is 0 Å². The number of hydrogen-bond donors (Lipinski definition) is 0. The maximum atomic E-state index is 2.40. The number of para-hydroxylation sites is 2. The van der Waals surface area contributed by atoms with Gasteiger partial charge in [-0.15, -0.1) is 0 Å². The highest BCUT2D eigenvalue weighted by Crippen LogP contribution is 2.45. The second kappa shape index (κ2) is 4.35. The van der Waals surface area contributed by atoms with Gasteiger partial charge in [-0.3, -0.25) is 0 Å². The first-order valence-corrected chi connectivity index (χ1v) is 7.70. The van der Waals surface area contributed by atoms with Gasteiger partial charge in [0.05, 0.1) is 11.2 Å². The molecule has 0 aliphatic heterocycles. The first-order valence-electron chi connectivity index (χ1n) is 7.70. The van der Waals surface area contributed by atoms with E-state index in [9.17, 15) is 0 Å². The van der Waals surface area contributed by atoms with Crippen molar-refractivity contribution in [3.8, 4) is 5.69 Å². The van der Waals surface area contributed by atoms with Gasteiger partial charge in [0.1, 0.15) is 0 Å². The number of aromatic nitrogens is 1. The lowest BCUT2D eigenvalue weighted by atomic mass is 10.0. The molecule has 0 unspecified atom stereocenters. The first kappa shape index (κ1) is 11.8. The number of hydrogen-bond acceptors (Lipinski definition) is 0. The predicted octanol–water partition coefficient (Wildman–Crippen LogP) is 5.37. The number of fused-ring (bicyclic) bond motifs is 5. The van der Waals surface area contributed by atoms with Crippen molar-refractivity contribution >= 4 is 22.6 Å². The van der Waals surface area contributed by atoms with Crippen LogP contribution in [0.3, 0.4) is 0 Å². The summed E-state index contributed by atoms with van der Waals surface area (Å²) in [6, 6.07) is 19.4. The third-order valence-electron chi connectivity index (χ3n) is 4.58. The molecule has 0 atom stereocenters. The molecule has 0 amide bonds. The van der Waals surface area contributed by atoms with Gasteiger partial charge >= 0.3 is 0 Å². The van der Waals surface area contributed by atoms with E-state index >= 15 is 0 Å². The molecule has 0 radical (unpaired) electrons. The van der Waals surface area contributed by atoms with E-state index in [4.69, 9.17) is 0 Å². The Bertz CT molecular complexity index is 981. The van der Waals surface area contributed by atoms with Crippen molar-refractivity contribution in [3.63, 3.8) is 0 Å². The molecule has 104 valence electrons. The standard InChI is InChI=1S/C21H15N/c1-2-9-16(10-3-1)22-20-13-7-6-12-18(20)19-14-15-8-4-5-11-17(15)21(19)22/h1-7,9-14H,8H2. The average molecular weight is 281 g/mol. The highest BCUT2D eigenvalue weighted by Gasteiger charge is 2.27. The van der Waals surface area contributed by atoms with Crippen molar-refractivity contribution in [1.82, 2.24) is 4.57 Å². The van der Waals surface area contributed by atoms with Gasteiger partial charge in [-0.05, 0) is 36.3 Å². The summed E-state index contributed by atoms with van der Waals surface area (Å²) >= 11 is 0. The molecular weight excluding hydrogens is 266 g/mol. The van der Waals surface area contributed by atoms with E-state index in [1.165, 1.54) is 39.0 Å². The zero-order valence-electron chi connectivity index (χ0n) is 12.2. The zero-order chi connectivity index (χ0) is 14.5. The summed E-state index contributed by atoms with van der Waals surface area (Å²) in [5.41, 5.74) is 8.02. The number of benzene rings is 2. The summed E-state index contributed by atoms with van der Waals surface area (Å²) in [6.45, 7) is 0. The molecule has 3 aromatic rings. The largest absolute Gasteiger partial charge is 0.309 e. The highest BCUT2D eigenvalue weighted by molar-refractivity contribution is 6.06. The second-order valence-corrected chi connectivity index (χ2v) is 5.83. The van der Waals surface area contributed by atoms with Gasteiger partial charge in [-0.1, -0.05) is 54.6 Å². The fourth-order valence-corrected chi connectivity index (χ4v) is 3.64. The van der Waals surface area contributed by atoms with Gasteiger partial charge in [-0.2, -0.15) is 0 Å². The van der Waals surface area contributed by atoms with Crippen LogP contribution in [0.5, 0.6) is 0 Å². The Hall–Kier alpha value is -2.80. The molecule has 1 nitrogen and oxygen atoms in total. The molecule has 0 spiro atoms. The maximum absolute atomic E-state index is 2.40. The van der Waals surface area contributed by atoms with Crippen LogP contribution in [0.2, 0.25) is 0 Å². The highest BCUT2D eigenvalue weighted by atomic mass is 15.0. The average Bonchev–Trinajstić information content (AvgIpc) is 3.10. The fourth-order valence-electron chi connectivity index (χ4n) is 3.64. The number of nitrogens with zero attached hydrogens (tertiary/aromatic N) is 1. The molecule has 0 bridgehead atoms. The van der Waals surface area contributed by atoms with E-state index in [-0.39, 0.29) is 0 Å². The molecule has 0 saturated carbocycles. The lowest BCUT2D eigenvalue weighted by Gasteiger charge is -2.14. The lowest BCUT2D eigenvalue weighted by molar-refractivity contribution is 1.09. The second-order valence-electron chi connectivity index (χ2n) is 5.83. The Morgan fingerprint density at radius 3 is 2.59 bits per heavy atom. The predicted molar refractivity (Wildman–Crippen MR) is 93.0 cm³/mol. The quantitative estimate of drug-likeness (QED) is 0.565. The van der Waals surface area contributed by atoms with Gasteiger partial charge in [0, 0.05) is 22.2 Å². The van der Waals surface area contributed by atoms with E-state index in [0.717, 1.165) is 6.42 Å². The number of rotatable bonds is 1. The molecule has 2 aromatic carbocycles. The molecule has 0 N–H and O–H groups in total. The SMILES string of the molecule is C1=CCC2=Cc3c(n(-c4ccccc4)c4ccccc34)C2=C1. The minimum absolute atomic E-state index is 1.03. The molecule has 2 aliphatic carbocycles. The van der Waals surface area contributed by atoms with E-state index in [2.05, 4.69) is 83.5 Å². The lowest BCUT2D eigenvalue weighted by Crippen LogP contribution is -2.00. The smallest absolute Gasteiger partial charge is 0.0616 e. The molecule has 1 heterocycles. The third kappa shape index (κ3) is 1.48. The van der Waals surface area contributed by atoms with Crippen LogP contribution in [0.4, 0.5) is 0 Å². The molecule has 0 fully saturated rings. The van der Waals surface area contributed by atoms with E-state index < -0.39 is 0 Å². The van der Waals surface area contributed by atoms with Gasteiger partial charge in [0.25, 0.3) is 0 Å². The summed E-state index contributed by atoms with van der Waals surface area (Å²) in [7, 11) is 0.